The molecule has 1 unspecified atom stereocenters. The van der Waals surface area contributed by atoms with Crippen LogP contribution in [0.5, 0.6) is 5.75 Å². The second kappa shape index (κ2) is 13.1. The molecule has 0 amide bonds. The van der Waals surface area contributed by atoms with E-state index in [0.29, 0.717) is 6.54 Å². The third-order valence-corrected chi connectivity index (χ3v) is 7.48. The van der Waals surface area contributed by atoms with Crippen molar-refractivity contribution >= 4 is 6.08 Å². The normalized spacial score (nSPS) is 18.8. The number of aliphatic hydroxyl groups is 2. The maximum absolute atomic E-state index is 10.6. The Morgan fingerprint density at radius 1 is 1.15 bits per heavy atom. The molecule has 2 N–H and O–H groups in total. The fourth-order valence-corrected chi connectivity index (χ4v) is 5.10. The Hall–Kier alpha value is -3.45. The number of hydrogen-bond donors (Lipinski definition) is 2. The van der Waals surface area contributed by atoms with Gasteiger partial charge in [-0.1, -0.05) is 49.1 Å². The smallest absolute Gasteiger partial charge is 0.135 e. The summed E-state index contributed by atoms with van der Waals surface area (Å²) >= 11 is 0. The summed E-state index contributed by atoms with van der Waals surface area (Å²) in [5, 5.41) is 24.9. The van der Waals surface area contributed by atoms with Gasteiger partial charge < -0.3 is 14.9 Å². The fraction of sp³-hybridized carbons (Fsp3) is 0.364. The number of hydrogen-bond acceptors (Lipinski definition) is 5. The van der Waals surface area contributed by atoms with E-state index in [1.54, 1.807) is 13.0 Å². The van der Waals surface area contributed by atoms with Crippen molar-refractivity contribution in [2.75, 3.05) is 19.7 Å². The van der Waals surface area contributed by atoms with Crippen LogP contribution in [0.4, 0.5) is 0 Å². The van der Waals surface area contributed by atoms with Gasteiger partial charge in [-0.3, -0.25) is 4.90 Å². The van der Waals surface area contributed by atoms with Crippen LogP contribution in [0.3, 0.4) is 0 Å². The van der Waals surface area contributed by atoms with Gasteiger partial charge >= 0.3 is 0 Å². The van der Waals surface area contributed by atoms with Crippen LogP contribution in [-0.2, 0) is 6.54 Å². The maximum Gasteiger partial charge on any atom is 0.135 e. The summed E-state index contributed by atoms with van der Waals surface area (Å²) in [7, 11) is 0. The van der Waals surface area contributed by atoms with Crippen molar-refractivity contribution < 1.29 is 14.9 Å². The van der Waals surface area contributed by atoms with Crippen LogP contribution in [0.2, 0.25) is 0 Å². The van der Waals surface area contributed by atoms with E-state index in [9.17, 15) is 10.2 Å². The van der Waals surface area contributed by atoms with Gasteiger partial charge in [0.15, 0.2) is 0 Å². The largest absolute Gasteiger partial charge is 0.482 e. The van der Waals surface area contributed by atoms with E-state index in [0.717, 1.165) is 59.6 Å². The third-order valence-electron chi connectivity index (χ3n) is 7.48. The van der Waals surface area contributed by atoms with Crippen LogP contribution in [-0.4, -0.2) is 56.3 Å². The van der Waals surface area contributed by atoms with Crippen molar-refractivity contribution in [3.05, 3.63) is 96.9 Å². The number of aliphatic hydroxyl groups excluding tert-OH is 1. The molecule has 1 aromatic heterocycles. The highest BCUT2D eigenvalue weighted by Gasteiger charge is 2.34. The van der Waals surface area contributed by atoms with Crippen molar-refractivity contribution in [1.29, 1.82) is 0 Å². The molecule has 1 aliphatic rings. The van der Waals surface area contributed by atoms with Crippen molar-refractivity contribution in [2.45, 2.75) is 51.9 Å². The lowest BCUT2D eigenvalue weighted by molar-refractivity contribution is -0.0697. The summed E-state index contributed by atoms with van der Waals surface area (Å²) in [5.41, 5.74) is 4.18. The standard InChI is InChI=1S/C33H41N3O3/c1-5-9-25-12-16-30(17-13-25)36-22-28(20-34-36)26-14-15-27(32(19-26)39-31(7-3)10-6-2)21-35-18-8-11-29(23-35)33(4,38)24-37/h5-7,9-10,12-17,19-20,22,29,31,37-38H,3,8,11,18,21,23-24H2,1-2,4H3/b9-5+,10-6+/t29-,31?,33+/m0/s1. The van der Waals surface area contributed by atoms with Crippen LogP contribution in [0, 0.1) is 5.92 Å². The Morgan fingerprint density at radius 3 is 2.64 bits per heavy atom. The minimum absolute atomic E-state index is 0.0294. The van der Waals surface area contributed by atoms with Crippen LogP contribution in [0.25, 0.3) is 22.9 Å². The maximum atomic E-state index is 10.6. The number of rotatable bonds is 11. The zero-order valence-electron chi connectivity index (χ0n) is 23.3. The molecular weight excluding hydrogens is 486 g/mol. The van der Waals surface area contributed by atoms with Gasteiger partial charge in [0.1, 0.15) is 11.9 Å². The average molecular weight is 528 g/mol. The van der Waals surface area contributed by atoms with Crippen molar-refractivity contribution in [3.8, 4) is 22.6 Å². The summed E-state index contributed by atoms with van der Waals surface area (Å²) in [6, 6.07) is 14.6. The molecule has 1 fully saturated rings. The van der Waals surface area contributed by atoms with Crippen molar-refractivity contribution in [3.63, 3.8) is 0 Å². The monoisotopic (exact) mass is 527 g/mol. The Labute approximate surface area is 232 Å². The lowest BCUT2D eigenvalue weighted by Crippen LogP contribution is -2.47. The molecule has 0 aliphatic carbocycles. The van der Waals surface area contributed by atoms with Crippen LogP contribution in [0.1, 0.15) is 44.7 Å². The Balaban J connectivity index is 1.60. The van der Waals surface area contributed by atoms with E-state index in [-0.39, 0.29) is 18.6 Å². The second-order valence-electron chi connectivity index (χ2n) is 10.5. The third kappa shape index (κ3) is 7.15. The molecule has 0 radical (unpaired) electrons. The number of ether oxygens (including phenoxy) is 1. The highest BCUT2D eigenvalue weighted by Crippen LogP contribution is 2.32. The lowest BCUT2D eigenvalue weighted by Gasteiger charge is -2.39. The van der Waals surface area contributed by atoms with Gasteiger partial charge in [-0.15, -0.1) is 0 Å². The molecule has 206 valence electrons. The fourth-order valence-electron chi connectivity index (χ4n) is 5.10. The topological polar surface area (TPSA) is 70.8 Å². The number of aromatic nitrogens is 2. The van der Waals surface area contributed by atoms with Gasteiger partial charge in [-0.2, -0.15) is 5.10 Å². The van der Waals surface area contributed by atoms with Gasteiger partial charge in [0.2, 0.25) is 0 Å². The first-order valence-electron chi connectivity index (χ1n) is 13.8. The van der Waals surface area contributed by atoms with Crippen molar-refractivity contribution in [1.82, 2.24) is 14.7 Å². The first-order valence-corrected chi connectivity index (χ1v) is 13.8. The molecule has 2 aromatic carbocycles. The Kier molecular flexibility index (Phi) is 9.57. The van der Waals surface area contributed by atoms with E-state index in [1.807, 2.05) is 49.2 Å². The summed E-state index contributed by atoms with van der Waals surface area (Å²) in [6.07, 6.45) is 15.4. The number of nitrogens with zero attached hydrogens (tertiary/aromatic N) is 3. The molecule has 39 heavy (non-hydrogen) atoms. The quantitative estimate of drug-likeness (QED) is 0.298. The number of benzene rings is 2. The summed E-state index contributed by atoms with van der Waals surface area (Å²) in [6.45, 7) is 11.8. The molecule has 6 heteroatoms. The molecule has 1 saturated heterocycles. The predicted molar refractivity (Wildman–Crippen MR) is 159 cm³/mol. The van der Waals surface area contributed by atoms with Gasteiger partial charge in [0, 0.05) is 36.3 Å². The van der Waals surface area contributed by atoms with Gasteiger partial charge in [-0.05, 0) is 81.6 Å². The summed E-state index contributed by atoms with van der Waals surface area (Å²) in [5.74, 6) is 0.830. The van der Waals surface area contributed by atoms with E-state index < -0.39 is 5.60 Å². The summed E-state index contributed by atoms with van der Waals surface area (Å²) in [4.78, 5) is 2.34. The molecule has 4 rings (SSSR count). The minimum atomic E-state index is -1.07. The van der Waals surface area contributed by atoms with E-state index >= 15 is 0 Å². The van der Waals surface area contributed by atoms with E-state index in [2.05, 4.69) is 65.1 Å². The number of piperidine rings is 1. The van der Waals surface area contributed by atoms with Gasteiger partial charge in [0.25, 0.3) is 0 Å². The lowest BCUT2D eigenvalue weighted by atomic mass is 9.83. The second-order valence-corrected chi connectivity index (χ2v) is 10.5. The molecule has 3 atom stereocenters. The molecule has 0 bridgehead atoms. The molecule has 0 saturated carbocycles. The van der Waals surface area contributed by atoms with E-state index in [1.165, 1.54) is 0 Å². The molecule has 3 aromatic rings. The zero-order chi connectivity index (χ0) is 27.8. The van der Waals surface area contributed by atoms with Gasteiger partial charge in [0.05, 0.1) is 24.1 Å². The summed E-state index contributed by atoms with van der Waals surface area (Å²) < 4.78 is 8.31. The Bertz CT molecular complexity index is 1290. The average Bonchev–Trinajstić information content (AvgIpc) is 3.45. The SMILES string of the molecule is C=CC(/C=C/C)Oc1cc(-c2cnn(-c3ccc(/C=C/C)cc3)c2)ccc1CN1CCC[C@H]([C@](C)(O)CO)C1. The van der Waals surface area contributed by atoms with Crippen LogP contribution < -0.4 is 4.74 Å². The van der Waals surface area contributed by atoms with Crippen LogP contribution >= 0.6 is 0 Å². The van der Waals surface area contributed by atoms with Crippen LogP contribution in [0.15, 0.2) is 85.7 Å². The molecule has 0 spiro atoms. The molecule has 1 aliphatic heterocycles. The highest BCUT2D eigenvalue weighted by molar-refractivity contribution is 5.65. The molecule has 2 heterocycles. The zero-order valence-corrected chi connectivity index (χ0v) is 23.3. The minimum Gasteiger partial charge on any atom is -0.482 e. The first-order chi connectivity index (χ1) is 18.9. The Morgan fingerprint density at radius 2 is 1.95 bits per heavy atom. The number of allylic oxidation sites excluding steroid dienone is 2. The number of likely N-dealkylation sites (tertiary alicyclic amines) is 1. The van der Waals surface area contributed by atoms with Gasteiger partial charge in [-0.25, -0.2) is 4.68 Å². The molecule has 6 nitrogen and oxygen atoms in total. The predicted octanol–water partition coefficient (Wildman–Crippen LogP) is 6.04. The van der Waals surface area contributed by atoms with E-state index in [4.69, 9.17) is 4.74 Å². The van der Waals surface area contributed by atoms with Crippen molar-refractivity contribution in [2.24, 2.45) is 5.92 Å². The molecular formula is C33H41N3O3. The highest BCUT2D eigenvalue weighted by atomic mass is 16.5. The first kappa shape index (κ1) is 28.6.